The molecule has 0 aliphatic heterocycles. The standard InChI is InChI=1S/C17H15BrCl2N2O4S/c1-25-6-7-26-15-5-2-10(8-11(15)18)27(23,24)22-14-4-3-12(19)16-13(20)9-21-17(14)16/h2-5,8-9,21-22H,6-7H2,1H3. The lowest BCUT2D eigenvalue weighted by molar-refractivity contribution is 0.146. The summed E-state index contributed by atoms with van der Waals surface area (Å²) in [4.78, 5) is 3.01. The van der Waals surface area contributed by atoms with Crippen LogP contribution in [0.4, 0.5) is 5.69 Å². The molecule has 0 saturated carbocycles. The van der Waals surface area contributed by atoms with Crippen LogP contribution in [0.15, 0.2) is 45.9 Å². The first-order valence-corrected chi connectivity index (χ1v) is 10.8. The van der Waals surface area contributed by atoms with Crippen LogP contribution in [0.1, 0.15) is 0 Å². The van der Waals surface area contributed by atoms with Crippen LogP contribution in [-0.4, -0.2) is 33.7 Å². The van der Waals surface area contributed by atoms with Crippen molar-refractivity contribution in [2.24, 2.45) is 0 Å². The zero-order chi connectivity index (χ0) is 19.6. The summed E-state index contributed by atoms with van der Waals surface area (Å²) in [6.07, 6.45) is 1.55. The highest BCUT2D eigenvalue weighted by atomic mass is 79.9. The van der Waals surface area contributed by atoms with E-state index in [1.165, 1.54) is 12.1 Å². The number of aromatic nitrogens is 1. The van der Waals surface area contributed by atoms with Crippen molar-refractivity contribution in [3.63, 3.8) is 0 Å². The Morgan fingerprint density at radius 2 is 1.93 bits per heavy atom. The topological polar surface area (TPSA) is 80.4 Å². The largest absolute Gasteiger partial charge is 0.490 e. The first-order chi connectivity index (χ1) is 12.8. The van der Waals surface area contributed by atoms with Gasteiger partial charge in [0.15, 0.2) is 0 Å². The van der Waals surface area contributed by atoms with Crippen molar-refractivity contribution in [2.75, 3.05) is 25.0 Å². The molecule has 1 heterocycles. The fourth-order valence-corrected chi connectivity index (χ4v) is 4.76. The minimum Gasteiger partial charge on any atom is -0.490 e. The van der Waals surface area contributed by atoms with E-state index in [9.17, 15) is 8.42 Å². The van der Waals surface area contributed by atoms with Crippen molar-refractivity contribution in [1.29, 1.82) is 0 Å². The molecule has 0 fully saturated rings. The molecule has 1 aromatic heterocycles. The van der Waals surface area contributed by atoms with Gasteiger partial charge in [-0.2, -0.15) is 0 Å². The number of rotatable bonds is 7. The average Bonchev–Trinajstić information content (AvgIpc) is 3.02. The quantitative estimate of drug-likeness (QED) is 0.450. The lowest BCUT2D eigenvalue weighted by Crippen LogP contribution is -2.13. The van der Waals surface area contributed by atoms with Gasteiger partial charge in [0, 0.05) is 18.7 Å². The van der Waals surface area contributed by atoms with Gasteiger partial charge in [0.05, 0.1) is 37.2 Å². The minimum atomic E-state index is -3.84. The van der Waals surface area contributed by atoms with Crippen LogP contribution >= 0.6 is 39.1 Å². The zero-order valence-electron chi connectivity index (χ0n) is 14.1. The molecule has 0 radical (unpaired) electrons. The van der Waals surface area contributed by atoms with Crippen molar-refractivity contribution in [3.05, 3.63) is 51.0 Å². The fraction of sp³-hybridized carbons (Fsp3) is 0.176. The molecule has 3 aromatic rings. The molecule has 144 valence electrons. The maximum absolute atomic E-state index is 12.8. The molecule has 0 aliphatic carbocycles. The Bertz CT molecular complexity index is 1090. The van der Waals surface area contributed by atoms with Crippen molar-refractivity contribution in [1.82, 2.24) is 4.98 Å². The maximum Gasteiger partial charge on any atom is 0.262 e. The van der Waals surface area contributed by atoms with E-state index in [0.29, 0.717) is 50.1 Å². The number of aromatic amines is 1. The van der Waals surface area contributed by atoms with Gasteiger partial charge in [-0.15, -0.1) is 0 Å². The number of benzene rings is 2. The van der Waals surface area contributed by atoms with Gasteiger partial charge in [-0.25, -0.2) is 8.42 Å². The lowest BCUT2D eigenvalue weighted by Gasteiger charge is -2.12. The normalized spacial score (nSPS) is 11.7. The van der Waals surface area contributed by atoms with E-state index in [2.05, 4.69) is 25.6 Å². The third-order valence-corrected chi connectivity index (χ3v) is 6.34. The Kier molecular flexibility index (Phi) is 6.22. The van der Waals surface area contributed by atoms with Gasteiger partial charge in [0.25, 0.3) is 10.0 Å². The molecule has 27 heavy (non-hydrogen) atoms. The van der Waals surface area contributed by atoms with E-state index in [0.717, 1.165) is 0 Å². The van der Waals surface area contributed by atoms with Crippen LogP contribution in [-0.2, 0) is 14.8 Å². The number of sulfonamides is 1. The van der Waals surface area contributed by atoms with Gasteiger partial charge in [-0.05, 0) is 46.3 Å². The predicted molar refractivity (Wildman–Crippen MR) is 111 cm³/mol. The molecule has 2 aromatic carbocycles. The maximum atomic E-state index is 12.8. The van der Waals surface area contributed by atoms with E-state index in [-0.39, 0.29) is 4.90 Å². The monoisotopic (exact) mass is 492 g/mol. The van der Waals surface area contributed by atoms with Crippen LogP contribution in [0.5, 0.6) is 5.75 Å². The van der Waals surface area contributed by atoms with E-state index >= 15 is 0 Å². The van der Waals surface area contributed by atoms with E-state index in [4.69, 9.17) is 32.7 Å². The number of methoxy groups -OCH3 is 1. The molecular weight excluding hydrogens is 479 g/mol. The summed E-state index contributed by atoms with van der Waals surface area (Å²) < 4.78 is 39.1. The molecule has 0 saturated heterocycles. The minimum absolute atomic E-state index is 0.0780. The molecule has 3 rings (SSSR count). The van der Waals surface area contributed by atoms with Crippen LogP contribution in [0, 0.1) is 0 Å². The number of fused-ring (bicyclic) bond motifs is 1. The van der Waals surface area contributed by atoms with Crippen molar-refractivity contribution < 1.29 is 17.9 Å². The first kappa shape index (κ1) is 20.3. The average molecular weight is 494 g/mol. The second-order valence-electron chi connectivity index (χ2n) is 5.52. The fourth-order valence-electron chi connectivity index (χ4n) is 2.46. The Labute approximate surface area is 174 Å². The Balaban J connectivity index is 1.89. The van der Waals surface area contributed by atoms with Gasteiger partial charge in [-0.1, -0.05) is 23.2 Å². The SMILES string of the molecule is COCCOc1ccc(S(=O)(=O)Nc2ccc(Cl)c3c(Cl)c[nH]c23)cc1Br. The smallest absolute Gasteiger partial charge is 0.262 e. The number of H-pyrrole nitrogens is 1. The molecular formula is C17H15BrCl2N2O4S. The van der Waals surface area contributed by atoms with Gasteiger partial charge in [0.2, 0.25) is 0 Å². The van der Waals surface area contributed by atoms with E-state index < -0.39 is 10.0 Å². The number of ether oxygens (including phenoxy) is 2. The summed E-state index contributed by atoms with van der Waals surface area (Å²) in [7, 11) is -2.26. The molecule has 10 heteroatoms. The Morgan fingerprint density at radius 1 is 1.15 bits per heavy atom. The van der Waals surface area contributed by atoms with Crippen molar-refractivity contribution in [3.8, 4) is 5.75 Å². The second-order valence-corrected chi connectivity index (χ2v) is 8.87. The van der Waals surface area contributed by atoms with Crippen molar-refractivity contribution >= 4 is 65.7 Å². The summed E-state index contributed by atoms with van der Waals surface area (Å²) in [5.74, 6) is 0.524. The van der Waals surface area contributed by atoms with Gasteiger partial charge in [0.1, 0.15) is 12.4 Å². The summed E-state index contributed by atoms with van der Waals surface area (Å²) >= 11 is 15.6. The molecule has 0 atom stereocenters. The summed E-state index contributed by atoms with van der Waals surface area (Å²) in [5, 5.41) is 1.40. The van der Waals surface area contributed by atoms with Gasteiger partial charge in [-0.3, -0.25) is 4.72 Å². The number of halogens is 3. The van der Waals surface area contributed by atoms with Crippen LogP contribution in [0.3, 0.4) is 0 Å². The van der Waals surface area contributed by atoms with Gasteiger partial charge >= 0.3 is 0 Å². The van der Waals surface area contributed by atoms with Crippen molar-refractivity contribution in [2.45, 2.75) is 4.90 Å². The third kappa shape index (κ3) is 4.35. The molecule has 0 spiro atoms. The third-order valence-electron chi connectivity index (χ3n) is 3.74. The summed E-state index contributed by atoms with van der Waals surface area (Å²) in [6.45, 7) is 0.787. The molecule has 0 bridgehead atoms. The predicted octanol–water partition coefficient (Wildman–Crippen LogP) is 5.06. The highest BCUT2D eigenvalue weighted by molar-refractivity contribution is 9.10. The van der Waals surface area contributed by atoms with Crippen LogP contribution in [0.25, 0.3) is 10.9 Å². The molecule has 0 unspecified atom stereocenters. The van der Waals surface area contributed by atoms with E-state index in [1.54, 1.807) is 31.5 Å². The van der Waals surface area contributed by atoms with Gasteiger partial charge < -0.3 is 14.5 Å². The Hall–Kier alpha value is -1.45. The van der Waals surface area contributed by atoms with Crippen LogP contribution < -0.4 is 9.46 Å². The second kappa shape index (κ2) is 8.28. The Morgan fingerprint density at radius 3 is 2.63 bits per heavy atom. The molecule has 0 aliphatic rings. The number of hydrogen-bond acceptors (Lipinski definition) is 4. The number of anilines is 1. The first-order valence-electron chi connectivity index (χ1n) is 7.72. The van der Waals surface area contributed by atoms with E-state index in [1.807, 2.05) is 0 Å². The molecule has 0 amide bonds. The molecule has 6 nitrogen and oxygen atoms in total. The summed E-state index contributed by atoms with van der Waals surface area (Å²) in [6, 6.07) is 7.68. The zero-order valence-corrected chi connectivity index (χ0v) is 18.0. The highest BCUT2D eigenvalue weighted by Crippen LogP contribution is 2.36. The summed E-state index contributed by atoms with van der Waals surface area (Å²) in [5.41, 5.74) is 0.854. The highest BCUT2D eigenvalue weighted by Gasteiger charge is 2.19. The van der Waals surface area contributed by atoms with Crippen LogP contribution in [0.2, 0.25) is 10.0 Å². The number of nitrogens with one attached hydrogen (secondary N) is 2. The lowest BCUT2D eigenvalue weighted by atomic mass is 10.2. The molecule has 2 N–H and O–H groups in total. The number of hydrogen-bond donors (Lipinski definition) is 2.